The zero-order valence-electron chi connectivity index (χ0n) is 10.3. The molecule has 1 aromatic rings. The fourth-order valence-electron chi connectivity index (χ4n) is 2.06. The van der Waals surface area contributed by atoms with Crippen LogP contribution in [0.5, 0.6) is 0 Å². The van der Waals surface area contributed by atoms with Gasteiger partial charge in [0.2, 0.25) is 11.8 Å². The van der Waals surface area contributed by atoms with Gasteiger partial charge in [-0.1, -0.05) is 37.3 Å². The molecule has 0 atom stereocenters. The van der Waals surface area contributed by atoms with Crippen LogP contribution < -0.4 is 62.0 Å². The summed E-state index contributed by atoms with van der Waals surface area (Å²) in [4.78, 5) is 35.0. The molecule has 0 unspecified atom stereocenters. The summed E-state index contributed by atoms with van der Waals surface area (Å²) in [6, 6.07) is 7.96. The minimum absolute atomic E-state index is 0. The van der Waals surface area contributed by atoms with Crippen LogP contribution in [0.2, 0.25) is 0 Å². The molecule has 4 amide bonds. The third kappa shape index (κ3) is 2.43. The quantitative estimate of drug-likeness (QED) is 0.469. The van der Waals surface area contributed by atoms with Gasteiger partial charge in [-0.05, 0) is 12.0 Å². The molecule has 5 nitrogen and oxygen atoms in total. The molecule has 0 saturated carbocycles. The summed E-state index contributed by atoms with van der Waals surface area (Å²) in [7, 11) is 0. The number of benzene rings is 1. The van der Waals surface area contributed by atoms with E-state index in [-0.39, 0.29) is 51.4 Å². The Labute approximate surface area is 147 Å². The molecular formula is C12H12KN2O3+. The number of amides is 4. The van der Waals surface area contributed by atoms with Crippen LogP contribution in [0, 0.1) is 0 Å². The van der Waals surface area contributed by atoms with Gasteiger partial charge in [0.25, 0.3) is 0 Å². The molecule has 6 heteroatoms. The fraction of sp³-hybridized carbons (Fsp3) is 0.250. The molecule has 0 spiro atoms. The SMILES string of the molecule is CCC1(c2ccccc2)C(=O)NC(=O)NC1=O.[K+]. The fourth-order valence-corrected chi connectivity index (χ4v) is 2.06. The smallest absolute Gasteiger partial charge is 0.277 e. The van der Waals surface area contributed by atoms with E-state index in [2.05, 4.69) is 10.6 Å². The number of imide groups is 2. The van der Waals surface area contributed by atoms with Crippen LogP contribution in [0.4, 0.5) is 4.79 Å². The molecule has 18 heavy (non-hydrogen) atoms. The maximum absolute atomic E-state index is 12.0. The van der Waals surface area contributed by atoms with Gasteiger partial charge in [-0.25, -0.2) is 4.79 Å². The molecule has 0 aromatic heterocycles. The van der Waals surface area contributed by atoms with Gasteiger partial charge >= 0.3 is 57.4 Å². The average molecular weight is 271 g/mol. The Bertz CT molecular complexity index is 467. The standard InChI is InChI=1S/C12H12N2O3.K/c1-2-12(8-6-4-3-5-7-8)9(15)13-11(17)14-10(12)16;/h3-7H,2H2,1H3,(H2,13,14,15,16,17);/q;+1. The Morgan fingerprint density at radius 2 is 1.50 bits per heavy atom. The van der Waals surface area contributed by atoms with Crippen molar-refractivity contribution in [1.82, 2.24) is 10.6 Å². The normalized spacial score (nSPS) is 17.5. The van der Waals surface area contributed by atoms with E-state index >= 15 is 0 Å². The largest absolute Gasteiger partial charge is 1.00 e. The number of hydrogen-bond acceptors (Lipinski definition) is 3. The van der Waals surface area contributed by atoms with Gasteiger partial charge in [0.05, 0.1) is 0 Å². The van der Waals surface area contributed by atoms with E-state index < -0.39 is 23.3 Å². The summed E-state index contributed by atoms with van der Waals surface area (Å²) in [5.74, 6) is -1.14. The molecule has 1 aliphatic heterocycles. The Morgan fingerprint density at radius 3 is 1.94 bits per heavy atom. The summed E-state index contributed by atoms with van der Waals surface area (Å²) >= 11 is 0. The Hall–Kier alpha value is -0.534. The van der Waals surface area contributed by atoms with Gasteiger partial charge in [-0.15, -0.1) is 0 Å². The molecule has 1 aliphatic rings. The average Bonchev–Trinajstić information content (AvgIpc) is 2.30. The number of barbiturate groups is 1. The van der Waals surface area contributed by atoms with E-state index in [1.54, 1.807) is 37.3 Å². The summed E-state index contributed by atoms with van der Waals surface area (Å²) in [5.41, 5.74) is -0.722. The van der Waals surface area contributed by atoms with Crippen LogP contribution in [0.1, 0.15) is 18.9 Å². The topological polar surface area (TPSA) is 75.3 Å². The Kier molecular flexibility index (Phi) is 5.24. The van der Waals surface area contributed by atoms with Crippen molar-refractivity contribution in [2.24, 2.45) is 0 Å². The van der Waals surface area contributed by atoms with Crippen LogP contribution in [0.15, 0.2) is 30.3 Å². The number of urea groups is 1. The number of rotatable bonds is 2. The summed E-state index contributed by atoms with van der Waals surface area (Å²) in [6.07, 6.45) is 0.294. The van der Waals surface area contributed by atoms with E-state index in [1.807, 2.05) is 0 Å². The molecule has 0 radical (unpaired) electrons. The van der Waals surface area contributed by atoms with Crippen molar-refractivity contribution >= 4 is 17.8 Å². The predicted octanol–water partition coefficient (Wildman–Crippen LogP) is -2.30. The van der Waals surface area contributed by atoms with Gasteiger partial charge in [-0.2, -0.15) is 0 Å². The first-order chi connectivity index (χ1) is 8.11. The van der Waals surface area contributed by atoms with Crippen molar-refractivity contribution in [1.29, 1.82) is 0 Å². The van der Waals surface area contributed by atoms with Crippen LogP contribution >= 0.6 is 0 Å². The third-order valence-electron chi connectivity index (χ3n) is 3.03. The van der Waals surface area contributed by atoms with E-state index in [9.17, 15) is 14.4 Å². The zero-order valence-corrected chi connectivity index (χ0v) is 13.4. The van der Waals surface area contributed by atoms with Gasteiger partial charge in [0.15, 0.2) is 5.41 Å². The molecule has 0 aliphatic carbocycles. The first-order valence-corrected chi connectivity index (χ1v) is 5.33. The summed E-state index contributed by atoms with van der Waals surface area (Å²) in [5, 5.41) is 4.28. The molecule has 1 saturated heterocycles. The van der Waals surface area contributed by atoms with Gasteiger partial charge in [0, 0.05) is 0 Å². The van der Waals surface area contributed by atoms with Crippen LogP contribution in [0.3, 0.4) is 0 Å². The van der Waals surface area contributed by atoms with Gasteiger partial charge in [-0.3, -0.25) is 20.2 Å². The number of nitrogens with one attached hydrogen (secondary N) is 2. The van der Waals surface area contributed by atoms with E-state index in [4.69, 9.17) is 0 Å². The predicted molar refractivity (Wildman–Crippen MR) is 60.1 cm³/mol. The first kappa shape index (κ1) is 15.5. The number of hydrogen-bond donors (Lipinski definition) is 2. The van der Waals surface area contributed by atoms with Crippen LogP contribution in [-0.4, -0.2) is 17.8 Å². The van der Waals surface area contributed by atoms with Crippen molar-refractivity contribution in [3.05, 3.63) is 35.9 Å². The number of carbonyl (C=O) groups is 3. The maximum atomic E-state index is 12.0. The molecule has 2 rings (SSSR count). The molecule has 1 fully saturated rings. The number of carbonyl (C=O) groups excluding carboxylic acids is 3. The molecule has 2 N–H and O–H groups in total. The Balaban J connectivity index is 0.00000162. The second-order valence-electron chi connectivity index (χ2n) is 3.86. The van der Waals surface area contributed by atoms with Crippen LogP contribution in [0.25, 0.3) is 0 Å². The molecule has 1 heterocycles. The van der Waals surface area contributed by atoms with E-state index in [0.29, 0.717) is 12.0 Å². The molecule has 1 aromatic carbocycles. The van der Waals surface area contributed by atoms with Crippen LogP contribution in [-0.2, 0) is 15.0 Å². The van der Waals surface area contributed by atoms with Gasteiger partial charge < -0.3 is 0 Å². The van der Waals surface area contributed by atoms with Crippen molar-refractivity contribution in [2.75, 3.05) is 0 Å². The Morgan fingerprint density at radius 1 is 1.00 bits per heavy atom. The molecular weight excluding hydrogens is 259 g/mol. The van der Waals surface area contributed by atoms with Crippen molar-refractivity contribution in [3.8, 4) is 0 Å². The first-order valence-electron chi connectivity index (χ1n) is 5.33. The summed E-state index contributed by atoms with van der Waals surface area (Å²) in [6.45, 7) is 1.74. The molecule has 0 bridgehead atoms. The minimum Gasteiger partial charge on any atom is -0.277 e. The zero-order chi connectivity index (χ0) is 12.5. The second kappa shape index (κ2) is 6.07. The monoisotopic (exact) mass is 271 g/mol. The van der Waals surface area contributed by atoms with Gasteiger partial charge in [0.1, 0.15) is 0 Å². The van der Waals surface area contributed by atoms with Crippen molar-refractivity contribution < 1.29 is 65.8 Å². The maximum Gasteiger partial charge on any atom is 1.00 e. The van der Waals surface area contributed by atoms with Crippen molar-refractivity contribution in [2.45, 2.75) is 18.8 Å². The van der Waals surface area contributed by atoms with E-state index in [0.717, 1.165) is 0 Å². The minimum atomic E-state index is -1.31. The molecule has 88 valence electrons. The summed E-state index contributed by atoms with van der Waals surface area (Å²) < 4.78 is 0. The van der Waals surface area contributed by atoms with E-state index in [1.165, 1.54) is 0 Å². The third-order valence-corrected chi connectivity index (χ3v) is 3.03. The second-order valence-corrected chi connectivity index (χ2v) is 3.86. The van der Waals surface area contributed by atoms with Crippen molar-refractivity contribution in [3.63, 3.8) is 0 Å².